The van der Waals surface area contributed by atoms with Crippen LogP contribution in [0.5, 0.6) is 5.75 Å². The molecule has 1 saturated carbocycles. The number of nitrogen functional groups attached to an aromatic ring is 1. The Morgan fingerprint density at radius 1 is 1.22 bits per heavy atom. The molecule has 4 nitrogen and oxygen atoms in total. The summed E-state index contributed by atoms with van der Waals surface area (Å²) in [6.07, 6.45) is 5.20. The molecule has 1 aliphatic rings. The summed E-state index contributed by atoms with van der Waals surface area (Å²) in [6.45, 7) is 0. The van der Waals surface area contributed by atoms with Crippen molar-refractivity contribution >= 4 is 5.82 Å². The second-order valence-electron chi connectivity index (χ2n) is 4.67. The molecule has 0 amide bonds. The van der Waals surface area contributed by atoms with Gasteiger partial charge in [0.1, 0.15) is 5.75 Å². The van der Waals surface area contributed by atoms with E-state index in [1.165, 1.54) is 12.8 Å². The molecule has 4 heteroatoms. The van der Waals surface area contributed by atoms with Gasteiger partial charge in [0.2, 0.25) is 0 Å². The van der Waals surface area contributed by atoms with Crippen LogP contribution in [0.15, 0.2) is 34.9 Å². The van der Waals surface area contributed by atoms with Crippen molar-refractivity contribution in [2.24, 2.45) is 0 Å². The fourth-order valence-electron chi connectivity index (χ4n) is 2.35. The fraction of sp³-hybridized carbons (Fsp3) is 0.357. The zero-order chi connectivity index (χ0) is 12.4. The van der Waals surface area contributed by atoms with Crippen LogP contribution in [0.1, 0.15) is 25.7 Å². The lowest BCUT2D eigenvalue weighted by atomic mass is 10.1. The number of benzene rings is 1. The highest BCUT2D eigenvalue weighted by Crippen LogP contribution is 2.28. The van der Waals surface area contributed by atoms with Gasteiger partial charge in [-0.3, -0.25) is 0 Å². The Labute approximate surface area is 106 Å². The second kappa shape index (κ2) is 4.72. The second-order valence-corrected chi connectivity index (χ2v) is 4.67. The summed E-state index contributed by atoms with van der Waals surface area (Å²) in [5, 5.41) is 3.69. The van der Waals surface area contributed by atoms with Crippen molar-refractivity contribution in [2.75, 3.05) is 5.73 Å². The van der Waals surface area contributed by atoms with E-state index in [0.29, 0.717) is 17.7 Å². The van der Waals surface area contributed by atoms with Gasteiger partial charge in [-0.05, 0) is 37.8 Å². The standard InChI is InChI=1S/C14H16N2O2/c15-14-9-13(18-16-14)10-4-3-7-12(8-10)17-11-5-1-2-6-11/h3-4,7-9,11H,1-2,5-6H2,(H2,15,16). The first-order valence-electron chi connectivity index (χ1n) is 6.30. The lowest BCUT2D eigenvalue weighted by Crippen LogP contribution is -2.10. The Morgan fingerprint density at radius 3 is 2.78 bits per heavy atom. The molecule has 94 valence electrons. The third kappa shape index (κ3) is 2.32. The Morgan fingerprint density at radius 2 is 2.06 bits per heavy atom. The van der Waals surface area contributed by atoms with Crippen molar-refractivity contribution < 1.29 is 9.26 Å². The van der Waals surface area contributed by atoms with Crippen LogP contribution < -0.4 is 10.5 Å². The minimum atomic E-state index is 0.361. The average molecular weight is 244 g/mol. The van der Waals surface area contributed by atoms with E-state index in [9.17, 15) is 0 Å². The SMILES string of the molecule is Nc1cc(-c2cccc(OC3CCCC3)c2)on1. The number of aromatic nitrogens is 1. The maximum Gasteiger partial charge on any atom is 0.169 e. The molecule has 1 heterocycles. The molecule has 0 saturated heterocycles. The average Bonchev–Trinajstić information content (AvgIpc) is 3.01. The number of hydrogen-bond acceptors (Lipinski definition) is 4. The van der Waals surface area contributed by atoms with Gasteiger partial charge in [0.05, 0.1) is 6.10 Å². The maximum absolute atomic E-state index is 5.95. The van der Waals surface area contributed by atoms with Crippen LogP contribution in [0, 0.1) is 0 Å². The highest BCUT2D eigenvalue weighted by atomic mass is 16.5. The van der Waals surface area contributed by atoms with Crippen molar-refractivity contribution in [3.63, 3.8) is 0 Å². The smallest absolute Gasteiger partial charge is 0.169 e. The molecule has 0 radical (unpaired) electrons. The van der Waals surface area contributed by atoms with Gasteiger partial charge in [0, 0.05) is 11.6 Å². The predicted octanol–water partition coefficient (Wildman–Crippen LogP) is 3.25. The molecule has 0 unspecified atom stereocenters. The minimum Gasteiger partial charge on any atom is -0.490 e. The summed E-state index contributed by atoms with van der Waals surface area (Å²) in [5.41, 5.74) is 6.49. The first kappa shape index (κ1) is 11.1. The molecule has 0 aliphatic heterocycles. The van der Waals surface area contributed by atoms with Crippen molar-refractivity contribution in [1.82, 2.24) is 5.16 Å². The van der Waals surface area contributed by atoms with Gasteiger partial charge in [-0.25, -0.2) is 0 Å². The topological polar surface area (TPSA) is 61.3 Å². The van der Waals surface area contributed by atoms with Crippen molar-refractivity contribution in [1.29, 1.82) is 0 Å². The first-order valence-corrected chi connectivity index (χ1v) is 6.30. The van der Waals surface area contributed by atoms with E-state index in [2.05, 4.69) is 5.16 Å². The van der Waals surface area contributed by atoms with E-state index in [4.69, 9.17) is 15.0 Å². The van der Waals surface area contributed by atoms with E-state index in [-0.39, 0.29) is 0 Å². The quantitative estimate of drug-likeness (QED) is 0.900. The highest BCUT2D eigenvalue weighted by Gasteiger charge is 2.16. The molecule has 2 aromatic rings. The number of rotatable bonds is 3. The van der Waals surface area contributed by atoms with E-state index < -0.39 is 0 Å². The molecular formula is C14H16N2O2. The largest absolute Gasteiger partial charge is 0.490 e. The van der Waals surface area contributed by atoms with Gasteiger partial charge >= 0.3 is 0 Å². The van der Waals surface area contributed by atoms with Gasteiger partial charge in [-0.15, -0.1) is 0 Å². The number of nitrogens with zero attached hydrogens (tertiary/aromatic N) is 1. The third-order valence-corrected chi connectivity index (χ3v) is 3.25. The van der Waals surface area contributed by atoms with Crippen LogP contribution in [0.25, 0.3) is 11.3 Å². The molecule has 2 N–H and O–H groups in total. The number of hydrogen-bond donors (Lipinski definition) is 1. The Hall–Kier alpha value is -1.97. The zero-order valence-electron chi connectivity index (χ0n) is 10.1. The van der Waals surface area contributed by atoms with Crippen molar-refractivity contribution in [3.05, 3.63) is 30.3 Å². The fourth-order valence-corrected chi connectivity index (χ4v) is 2.35. The lowest BCUT2D eigenvalue weighted by Gasteiger charge is -2.13. The number of nitrogens with two attached hydrogens (primary N) is 1. The van der Waals surface area contributed by atoms with Crippen molar-refractivity contribution in [2.45, 2.75) is 31.8 Å². The molecule has 3 rings (SSSR count). The molecule has 1 aliphatic carbocycles. The van der Waals surface area contributed by atoms with Crippen LogP contribution in [0.4, 0.5) is 5.82 Å². The van der Waals surface area contributed by atoms with Crippen LogP contribution in [0.2, 0.25) is 0 Å². The zero-order valence-corrected chi connectivity index (χ0v) is 10.1. The molecule has 1 aromatic heterocycles. The molecule has 18 heavy (non-hydrogen) atoms. The van der Waals surface area contributed by atoms with Crippen LogP contribution in [-0.4, -0.2) is 11.3 Å². The Bertz CT molecular complexity index is 530. The van der Waals surface area contributed by atoms with E-state index in [1.807, 2.05) is 24.3 Å². The first-order chi connectivity index (χ1) is 8.81. The van der Waals surface area contributed by atoms with Gasteiger partial charge in [0.15, 0.2) is 11.6 Å². The minimum absolute atomic E-state index is 0.361. The molecule has 0 bridgehead atoms. The Kier molecular flexibility index (Phi) is 2.92. The lowest BCUT2D eigenvalue weighted by molar-refractivity contribution is 0.210. The third-order valence-electron chi connectivity index (χ3n) is 3.25. The molecule has 0 atom stereocenters. The van der Waals surface area contributed by atoms with Crippen molar-refractivity contribution in [3.8, 4) is 17.1 Å². The highest BCUT2D eigenvalue weighted by molar-refractivity contribution is 5.61. The van der Waals surface area contributed by atoms with Crippen LogP contribution in [0.3, 0.4) is 0 Å². The van der Waals surface area contributed by atoms with E-state index in [1.54, 1.807) is 6.07 Å². The summed E-state index contributed by atoms with van der Waals surface area (Å²) in [5.74, 6) is 1.95. The monoisotopic (exact) mass is 244 g/mol. The number of ether oxygens (including phenoxy) is 1. The van der Waals surface area contributed by atoms with Crippen LogP contribution >= 0.6 is 0 Å². The van der Waals surface area contributed by atoms with Gasteiger partial charge in [0.25, 0.3) is 0 Å². The normalized spacial score (nSPS) is 16.0. The molecule has 1 aromatic carbocycles. The van der Waals surface area contributed by atoms with Crippen LogP contribution in [-0.2, 0) is 0 Å². The molecule has 1 fully saturated rings. The van der Waals surface area contributed by atoms with E-state index >= 15 is 0 Å². The summed E-state index contributed by atoms with van der Waals surface area (Å²) in [7, 11) is 0. The van der Waals surface area contributed by atoms with Gasteiger partial charge in [-0.2, -0.15) is 0 Å². The van der Waals surface area contributed by atoms with E-state index in [0.717, 1.165) is 24.2 Å². The molecular weight excluding hydrogens is 228 g/mol. The van der Waals surface area contributed by atoms with Gasteiger partial charge in [-0.1, -0.05) is 17.3 Å². The summed E-state index contributed by atoms with van der Waals surface area (Å²) >= 11 is 0. The maximum atomic E-state index is 5.95. The van der Waals surface area contributed by atoms with Gasteiger partial charge < -0.3 is 15.0 Å². The summed E-state index contributed by atoms with van der Waals surface area (Å²) in [4.78, 5) is 0. The number of anilines is 1. The summed E-state index contributed by atoms with van der Waals surface area (Å²) in [6, 6.07) is 9.58. The molecule has 0 spiro atoms. The Balaban J connectivity index is 1.80. The summed E-state index contributed by atoms with van der Waals surface area (Å²) < 4.78 is 11.1. The predicted molar refractivity (Wildman–Crippen MR) is 69.2 cm³/mol.